The number of aryl methyl sites for hydroxylation is 2. The van der Waals surface area contributed by atoms with Crippen molar-refractivity contribution in [3.63, 3.8) is 0 Å². The molecule has 0 aliphatic carbocycles. The van der Waals surface area contributed by atoms with Gasteiger partial charge in [0.15, 0.2) is 11.6 Å². The van der Waals surface area contributed by atoms with Gasteiger partial charge in [0.2, 0.25) is 0 Å². The normalized spacial score (nSPS) is 12.7. The molecule has 2 N–H and O–H groups in total. The van der Waals surface area contributed by atoms with Crippen molar-refractivity contribution in [3.05, 3.63) is 56.8 Å². The van der Waals surface area contributed by atoms with Gasteiger partial charge in [-0.1, -0.05) is 12.1 Å². The van der Waals surface area contributed by atoms with Gasteiger partial charge in [-0.3, -0.25) is 0 Å². The van der Waals surface area contributed by atoms with E-state index in [1.165, 1.54) is 16.5 Å². The van der Waals surface area contributed by atoms with E-state index < -0.39 is 11.6 Å². The average Bonchev–Trinajstić information content (AvgIpc) is 2.66. The van der Waals surface area contributed by atoms with Crippen LogP contribution in [-0.4, -0.2) is 0 Å². The monoisotopic (exact) mass is 267 g/mol. The van der Waals surface area contributed by atoms with Gasteiger partial charge in [0.25, 0.3) is 0 Å². The Balaban J connectivity index is 2.21. The van der Waals surface area contributed by atoms with Gasteiger partial charge in [-0.25, -0.2) is 8.78 Å². The summed E-state index contributed by atoms with van der Waals surface area (Å²) < 4.78 is 26.6. The van der Waals surface area contributed by atoms with Crippen LogP contribution in [0.3, 0.4) is 0 Å². The summed E-state index contributed by atoms with van der Waals surface area (Å²) in [7, 11) is 0. The quantitative estimate of drug-likeness (QED) is 0.897. The Morgan fingerprint density at radius 2 is 2.00 bits per heavy atom. The molecule has 96 valence electrons. The summed E-state index contributed by atoms with van der Waals surface area (Å²) in [6, 6.07) is 5.92. The lowest BCUT2D eigenvalue weighted by atomic mass is 10.0. The number of hydrogen-bond acceptors (Lipinski definition) is 2. The highest BCUT2D eigenvalue weighted by atomic mass is 32.1. The van der Waals surface area contributed by atoms with Gasteiger partial charge in [0.1, 0.15) is 0 Å². The van der Waals surface area contributed by atoms with Crippen LogP contribution < -0.4 is 5.73 Å². The van der Waals surface area contributed by atoms with Crippen molar-refractivity contribution in [1.29, 1.82) is 0 Å². The second kappa shape index (κ2) is 5.16. The Hall–Kier alpha value is -1.26. The molecule has 1 aromatic carbocycles. The SMILES string of the molecule is Cc1cc(C(N)Cc2cccc(F)c2F)sc1C. The molecule has 1 heterocycles. The number of halogens is 2. The third-order valence-corrected chi connectivity index (χ3v) is 4.31. The van der Waals surface area contributed by atoms with Crippen molar-refractivity contribution in [2.45, 2.75) is 26.3 Å². The highest BCUT2D eigenvalue weighted by molar-refractivity contribution is 7.12. The molecule has 0 aliphatic rings. The molecule has 1 nitrogen and oxygen atoms in total. The van der Waals surface area contributed by atoms with Crippen molar-refractivity contribution in [2.24, 2.45) is 5.73 Å². The van der Waals surface area contributed by atoms with Crippen LogP contribution >= 0.6 is 11.3 Å². The maximum Gasteiger partial charge on any atom is 0.162 e. The number of rotatable bonds is 3. The fourth-order valence-electron chi connectivity index (χ4n) is 1.83. The fraction of sp³-hybridized carbons (Fsp3) is 0.286. The lowest BCUT2D eigenvalue weighted by molar-refractivity contribution is 0.494. The summed E-state index contributed by atoms with van der Waals surface area (Å²) in [5.41, 5.74) is 7.56. The van der Waals surface area contributed by atoms with Crippen molar-refractivity contribution in [2.75, 3.05) is 0 Å². The van der Waals surface area contributed by atoms with Crippen LogP contribution in [0.5, 0.6) is 0 Å². The maximum absolute atomic E-state index is 13.5. The highest BCUT2D eigenvalue weighted by Crippen LogP contribution is 2.28. The first kappa shape index (κ1) is 13.2. The van der Waals surface area contributed by atoms with Crippen LogP contribution in [0.15, 0.2) is 24.3 Å². The van der Waals surface area contributed by atoms with E-state index in [1.807, 2.05) is 19.9 Å². The second-order valence-corrected chi connectivity index (χ2v) is 5.70. The topological polar surface area (TPSA) is 26.0 Å². The molecule has 4 heteroatoms. The summed E-state index contributed by atoms with van der Waals surface area (Å²) >= 11 is 1.61. The first-order valence-electron chi connectivity index (χ1n) is 5.74. The second-order valence-electron chi connectivity index (χ2n) is 4.41. The number of nitrogens with two attached hydrogens (primary N) is 1. The first-order chi connectivity index (χ1) is 8.49. The summed E-state index contributed by atoms with van der Waals surface area (Å²) in [6.45, 7) is 4.05. The van der Waals surface area contributed by atoms with Gasteiger partial charge in [-0.2, -0.15) is 0 Å². The maximum atomic E-state index is 13.5. The van der Waals surface area contributed by atoms with E-state index in [1.54, 1.807) is 17.4 Å². The van der Waals surface area contributed by atoms with E-state index in [-0.39, 0.29) is 6.04 Å². The minimum atomic E-state index is -0.821. The van der Waals surface area contributed by atoms with Crippen molar-refractivity contribution in [3.8, 4) is 0 Å². The van der Waals surface area contributed by atoms with Gasteiger partial charge >= 0.3 is 0 Å². The Morgan fingerprint density at radius 3 is 2.61 bits per heavy atom. The van der Waals surface area contributed by atoms with Crippen LogP contribution in [0, 0.1) is 25.5 Å². The molecule has 0 saturated carbocycles. The average molecular weight is 267 g/mol. The van der Waals surface area contributed by atoms with Gasteiger partial charge in [-0.05, 0) is 43.5 Å². The molecule has 0 fully saturated rings. The van der Waals surface area contributed by atoms with Crippen LogP contribution in [0.1, 0.15) is 26.9 Å². The lowest BCUT2D eigenvalue weighted by Gasteiger charge is -2.10. The summed E-state index contributed by atoms with van der Waals surface area (Å²) in [4.78, 5) is 2.22. The number of benzene rings is 1. The highest BCUT2D eigenvalue weighted by Gasteiger charge is 2.15. The summed E-state index contributed by atoms with van der Waals surface area (Å²) in [6.07, 6.45) is 0.309. The molecule has 0 saturated heterocycles. The molecule has 0 aliphatic heterocycles. The fourth-order valence-corrected chi connectivity index (χ4v) is 2.87. The molecule has 0 amide bonds. The minimum Gasteiger partial charge on any atom is -0.323 e. The van der Waals surface area contributed by atoms with Crippen LogP contribution in [0.4, 0.5) is 8.78 Å². The predicted octanol–water partition coefficient (Wildman–Crippen LogP) is 3.89. The zero-order valence-electron chi connectivity index (χ0n) is 10.3. The molecular formula is C14H15F2NS. The summed E-state index contributed by atoms with van der Waals surface area (Å²) in [5, 5.41) is 0. The molecule has 0 bridgehead atoms. The largest absolute Gasteiger partial charge is 0.323 e. The molecule has 0 radical (unpaired) electrons. The third kappa shape index (κ3) is 2.60. The number of hydrogen-bond donors (Lipinski definition) is 1. The van der Waals surface area contributed by atoms with Gasteiger partial charge in [0, 0.05) is 15.8 Å². The van der Waals surface area contributed by atoms with E-state index in [0.717, 1.165) is 10.9 Å². The summed E-state index contributed by atoms with van der Waals surface area (Å²) in [5.74, 6) is -1.61. The predicted molar refractivity (Wildman–Crippen MR) is 70.8 cm³/mol. The Kier molecular flexibility index (Phi) is 3.78. The number of thiophene rings is 1. The standard InChI is InChI=1S/C14H15F2NS/c1-8-6-13(18-9(8)2)12(17)7-10-4-3-5-11(15)14(10)16/h3-6,12H,7,17H2,1-2H3. The zero-order valence-corrected chi connectivity index (χ0v) is 11.2. The van der Waals surface area contributed by atoms with Crippen LogP contribution in [-0.2, 0) is 6.42 Å². The lowest BCUT2D eigenvalue weighted by Crippen LogP contribution is -2.13. The molecule has 1 unspecified atom stereocenters. The van der Waals surface area contributed by atoms with Crippen molar-refractivity contribution in [1.82, 2.24) is 0 Å². The van der Waals surface area contributed by atoms with Gasteiger partial charge < -0.3 is 5.73 Å². The molecule has 0 spiro atoms. The Bertz CT molecular complexity index is 543. The molecule has 2 aromatic rings. The third-order valence-electron chi connectivity index (χ3n) is 3.02. The molecular weight excluding hydrogens is 252 g/mol. The molecule has 18 heavy (non-hydrogen) atoms. The molecule has 1 atom stereocenters. The van der Waals surface area contributed by atoms with Crippen molar-refractivity contribution >= 4 is 11.3 Å². The van der Waals surface area contributed by atoms with Crippen molar-refractivity contribution < 1.29 is 8.78 Å². The van der Waals surface area contributed by atoms with Gasteiger partial charge in [-0.15, -0.1) is 11.3 Å². The van der Waals surface area contributed by atoms with Gasteiger partial charge in [0.05, 0.1) is 0 Å². The Labute approximate surface area is 109 Å². The van der Waals surface area contributed by atoms with E-state index >= 15 is 0 Å². The molecule has 2 rings (SSSR count). The van der Waals surface area contributed by atoms with E-state index in [2.05, 4.69) is 0 Å². The minimum absolute atomic E-state index is 0.293. The Morgan fingerprint density at radius 1 is 1.28 bits per heavy atom. The van der Waals surface area contributed by atoms with Crippen LogP contribution in [0.25, 0.3) is 0 Å². The first-order valence-corrected chi connectivity index (χ1v) is 6.56. The smallest absolute Gasteiger partial charge is 0.162 e. The van der Waals surface area contributed by atoms with E-state index in [9.17, 15) is 8.78 Å². The van der Waals surface area contributed by atoms with E-state index in [0.29, 0.717) is 12.0 Å². The zero-order chi connectivity index (χ0) is 13.3. The van der Waals surface area contributed by atoms with E-state index in [4.69, 9.17) is 5.73 Å². The van der Waals surface area contributed by atoms with Crippen LogP contribution in [0.2, 0.25) is 0 Å². The molecule has 1 aromatic heterocycles.